The summed E-state index contributed by atoms with van der Waals surface area (Å²) in [5, 5.41) is 2.48. The van der Waals surface area contributed by atoms with Gasteiger partial charge in [-0.05, 0) is 11.1 Å². The highest BCUT2D eigenvalue weighted by Gasteiger charge is 2.22. The lowest BCUT2D eigenvalue weighted by atomic mass is 10.1. The van der Waals surface area contributed by atoms with E-state index in [1.165, 1.54) is 0 Å². The van der Waals surface area contributed by atoms with E-state index < -0.39 is 17.9 Å². The van der Waals surface area contributed by atoms with E-state index in [9.17, 15) is 14.4 Å². The van der Waals surface area contributed by atoms with Gasteiger partial charge in [0.1, 0.15) is 12.6 Å². The summed E-state index contributed by atoms with van der Waals surface area (Å²) in [5.41, 5.74) is 6.91. The van der Waals surface area contributed by atoms with Crippen molar-refractivity contribution in [1.29, 1.82) is 0 Å². The maximum atomic E-state index is 12.0. The van der Waals surface area contributed by atoms with E-state index in [-0.39, 0.29) is 25.4 Å². The highest BCUT2D eigenvalue weighted by atomic mass is 16.5. The van der Waals surface area contributed by atoms with Crippen LogP contribution in [0.2, 0.25) is 0 Å². The molecule has 2 aromatic carbocycles. The molecule has 0 fully saturated rings. The van der Waals surface area contributed by atoms with Gasteiger partial charge in [0, 0.05) is 0 Å². The third kappa shape index (κ3) is 6.47. The lowest BCUT2D eigenvalue weighted by Crippen LogP contribution is -2.46. The summed E-state index contributed by atoms with van der Waals surface area (Å²) >= 11 is 0. The van der Waals surface area contributed by atoms with Crippen LogP contribution in [0.25, 0.3) is 0 Å². The van der Waals surface area contributed by atoms with Gasteiger partial charge in [-0.2, -0.15) is 0 Å². The average Bonchev–Trinajstić information content (AvgIpc) is 2.61. The number of nitrogens with one attached hydrogen (secondary N) is 1. The Labute approximate surface area is 146 Å². The highest BCUT2D eigenvalue weighted by molar-refractivity contribution is 5.90. The van der Waals surface area contributed by atoms with E-state index in [1.54, 1.807) is 12.1 Å². The Kier molecular flexibility index (Phi) is 6.71. The first-order valence-electron chi connectivity index (χ1n) is 7.87. The lowest BCUT2D eigenvalue weighted by Gasteiger charge is -2.15. The van der Waals surface area contributed by atoms with Gasteiger partial charge < -0.3 is 15.8 Å². The second-order valence-electron chi connectivity index (χ2n) is 5.54. The predicted octanol–water partition coefficient (Wildman–Crippen LogP) is 1.33. The second-order valence-corrected chi connectivity index (χ2v) is 5.54. The molecule has 130 valence electrons. The van der Waals surface area contributed by atoms with Gasteiger partial charge in [-0.25, -0.2) is 0 Å². The summed E-state index contributed by atoms with van der Waals surface area (Å²) in [6, 6.07) is 17.1. The first-order chi connectivity index (χ1) is 12.0. The molecule has 0 heterocycles. The van der Waals surface area contributed by atoms with Crippen molar-refractivity contribution in [2.45, 2.75) is 25.5 Å². The Hall–Kier alpha value is -3.15. The van der Waals surface area contributed by atoms with Gasteiger partial charge in [-0.15, -0.1) is 0 Å². The molecule has 0 bridgehead atoms. The van der Waals surface area contributed by atoms with Crippen molar-refractivity contribution in [1.82, 2.24) is 5.32 Å². The summed E-state index contributed by atoms with van der Waals surface area (Å²) in [6.07, 6.45) is -0.202. The van der Waals surface area contributed by atoms with E-state index >= 15 is 0 Å². The lowest BCUT2D eigenvalue weighted by molar-refractivity contribution is -0.147. The van der Waals surface area contributed by atoms with Crippen molar-refractivity contribution < 1.29 is 19.1 Å². The fourth-order valence-corrected chi connectivity index (χ4v) is 2.21. The summed E-state index contributed by atoms with van der Waals surface area (Å²) in [4.78, 5) is 35.4. The Morgan fingerprint density at radius 2 is 1.48 bits per heavy atom. The first-order valence-corrected chi connectivity index (χ1v) is 7.87. The Morgan fingerprint density at radius 3 is 2.04 bits per heavy atom. The monoisotopic (exact) mass is 340 g/mol. The van der Waals surface area contributed by atoms with E-state index in [2.05, 4.69) is 5.32 Å². The first kappa shape index (κ1) is 18.2. The maximum Gasteiger partial charge on any atom is 0.308 e. The molecule has 2 amide bonds. The van der Waals surface area contributed by atoms with Gasteiger partial charge in [0.2, 0.25) is 11.8 Å². The highest BCUT2D eigenvalue weighted by Crippen LogP contribution is 2.04. The molecular formula is C19H20N2O4. The van der Waals surface area contributed by atoms with E-state index in [1.807, 2.05) is 48.5 Å². The molecule has 1 atom stereocenters. The van der Waals surface area contributed by atoms with Crippen LogP contribution < -0.4 is 11.1 Å². The van der Waals surface area contributed by atoms with Crippen LogP contribution in [0.3, 0.4) is 0 Å². The summed E-state index contributed by atoms with van der Waals surface area (Å²) < 4.78 is 5.11. The van der Waals surface area contributed by atoms with Crippen molar-refractivity contribution in [3.63, 3.8) is 0 Å². The van der Waals surface area contributed by atoms with Crippen molar-refractivity contribution in [3.05, 3.63) is 71.8 Å². The third-order valence-corrected chi connectivity index (χ3v) is 3.50. The predicted molar refractivity (Wildman–Crippen MR) is 92.1 cm³/mol. The van der Waals surface area contributed by atoms with E-state index in [0.717, 1.165) is 11.1 Å². The second kappa shape index (κ2) is 9.22. The van der Waals surface area contributed by atoms with Gasteiger partial charge in [0.05, 0.1) is 12.8 Å². The fourth-order valence-electron chi connectivity index (χ4n) is 2.21. The Morgan fingerprint density at radius 1 is 0.920 bits per heavy atom. The molecule has 0 aliphatic rings. The van der Waals surface area contributed by atoms with Crippen LogP contribution >= 0.6 is 0 Å². The molecule has 0 saturated heterocycles. The molecule has 25 heavy (non-hydrogen) atoms. The molecule has 2 aromatic rings. The Balaban J connectivity index is 1.84. The number of amides is 2. The minimum atomic E-state index is -1.10. The maximum absolute atomic E-state index is 12.0. The average molecular weight is 340 g/mol. The smallest absolute Gasteiger partial charge is 0.308 e. The van der Waals surface area contributed by atoms with Crippen molar-refractivity contribution in [3.8, 4) is 0 Å². The molecular weight excluding hydrogens is 320 g/mol. The fraction of sp³-hybridized carbons (Fsp3) is 0.211. The number of benzene rings is 2. The number of ether oxygens (including phenoxy) is 1. The largest absolute Gasteiger partial charge is 0.461 e. The van der Waals surface area contributed by atoms with Gasteiger partial charge in [-0.1, -0.05) is 60.7 Å². The topological polar surface area (TPSA) is 98.5 Å². The normalized spacial score (nSPS) is 11.4. The number of carbonyl (C=O) groups excluding carboxylic acids is 3. The number of hydrogen-bond acceptors (Lipinski definition) is 4. The van der Waals surface area contributed by atoms with Crippen molar-refractivity contribution >= 4 is 17.8 Å². The zero-order valence-electron chi connectivity index (χ0n) is 13.7. The quantitative estimate of drug-likeness (QED) is 0.708. The minimum absolute atomic E-state index is 0.100. The number of rotatable bonds is 8. The summed E-state index contributed by atoms with van der Waals surface area (Å²) in [7, 11) is 0. The van der Waals surface area contributed by atoms with Crippen LogP contribution in [0.1, 0.15) is 17.5 Å². The number of nitrogens with two attached hydrogens (primary N) is 1. The molecule has 6 nitrogen and oxygen atoms in total. The molecule has 0 unspecified atom stereocenters. The zero-order chi connectivity index (χ0) is 18.1. The third-order valence-electron chi connectivity index (χ3n) is 3.50. The molecule has 0 aromatic heterocycles. The number of carbonyl (C=O) groups is 3. The number of primary amides is 1. The number of esters is 1. The van der Waals surface area contributed by atoms with Gasteiger partial charge in [0.25, 0.3) is 0 Å². The van der Waals surface area contributed by atoms with Crippen molar-refractivity contribution in [2.24, 2.45) is 5.73 Å². The molecule has 0 spiro atoms. The van der Waals surface area contributed by atoms with E-state index in [0.29, 0.717) is 0 Å². The van der Waals surface area contributed by atoms with Crippen LogP contribution in [-0.4, -0.2) is 23.8 Å². The van der Waals surface area contributed by atoms with Crippen LogP contribution in [-0.2, 0) is 32.1 Å². The molecule has 0 radical (unpaired) electrons. The zero-order valence-corrected chi connectivity index (χ0v) is 13.7. The van der Waals surface area contributed by atoms with Gasteiger partial charge in [-0.3, -0.25) is 14.4 Å². The van der Waals surface area contributed by atoms with Crippen LogP contribution in [0, 0.1) is 0 Å². The Bertz CT molecular complexity index is 717. The van der Waals surface area contributed by atoms with Crippen LogP contribution in [0.4, 0.5) is 0 Å². The molecule has 6 heteroatoms. The van der Waals surface area contributed by atoms with Gasteiger partial charge in [0.15, 0.2) is 0 Å². The van der Waals surface area contributed by atoms with E-state index in [4.69, 9.17) is 10.5 Å². The number of hydrogen-bond donors (Lipinski definition) is 2. The molecule has 0 aliphatic heterocycles. The SMILES string of the molecule is NC(=O)[C@@H](CC(=O)OCc1ccccc1)NC(=O)Cc1ccccc1. The molecule has 2 rings (SSSR count). The standard InChI is InChI=1S/C19H20N2O4/c20-19(24)16(21-17(22)11-14-7-3-1-4-8-14)12-18(23)25-13-15-9-5-2-6-10-15/h1-10,16H,11-13H2,(H2,20,24)(H,21,22)/t16-/m1/s1. The van der Waals surface area contributed by atoms with Crippen LogP contribution in [0.5, 0.6) is 0 Å². The van der Waals surface area contributed by atoms with Crippen LogP contribution in [0.15, 0.2) is 60.7 Å². The van der Waals surface area contributed by atoms with Gasteiger partial charge >= 0.3 is 5.97 Å². The molecule has 0 aliphatic carbocycles. The van der Waals surface area contributed by atoms with Crippen molar-refractivity contribution in [2.75, 3.05) is 0 Å². The summed E-state index contributed by atoms with van der Waals surface area (Å²) in [5.74, 6) is -1.77. The molecule has 3 N–H and O–H groups in total. The molecule has 0 saturated carbocycles. The summed E-state index contributed by atoms with van der Waals surface area (Å²) in [6.45, 7) is 0.100. The minimum Gasteiger partial charge on any atom is -0.461 e.